The van der Waals surface area contributed by atoms with E-state index in [1.165, 1.54) is 11.1 Å². The number of para-hydroxylation sites is 2. The van der Waals surface area contributed by atoms with E-state index in [-0.39, 0.29) is 0 Å². The van der Waals surface area contributed by atoms with Crippen LogP contribution in [0.2, 0.25) is 0 Å². The molecule has 0 unspecified atom stereocenters. The normalized spacial score (nSPS) is 11.5. The third kappa shape index (κ3) is 4.21. The molecule has 0 saturated carbocycles. The molecule has 1 N–H and O–H groups in total. The molecule has 5 nitrogen and oxygen atoms in total. The molecule has 0 saturated heterocycles. The van der Waals surface area contributed by atoms with Gasteiger partial charge in [0.15, 0.2) is 0 Å². The zero-order valence-corrected chi connectivity index (χ0v) is 16.9. The highest BCUT2D eigenvalue weighted by atomic mass is 15.4. The molecule has 0 aliphatic rings. The first-order valence-corrected chi connectivity index (χ1v) is 10.2. The van der Waals surface area contributed by atoms with Gasteiger partial charge in [0.05, 0.1) is 23.5 Å². The van der Waals surface area contributed by atoms with E-state index in [0.29, 0.717) is 6.54 Å². The molecule has 0 bridgehead atoms. The summed E-state index contributed by atoms with van der Waals surface area (Å²) in [4.78, 5) is 0. The van der Waals surface area contributed by atoms with Crippen LogP contribution < -0.4 is 5.43 Å². The minimum Gasteiger partial charge on any atom is -0.278 e. The fourth-order valence-corrected chi connectivity index (χ4v) is 3.50. The average Bonchev–Trinajstić information content (AvgIpc) is 3.26. The second kappa shape index (κ2) is 8.63. The molecule has 0 fully saturated rings. The van der Waals surface area contributed by atoms with Crippen molar-refractivity contribution in [3.8, 4) is 11.1 Å². The maximum absolute atomic E-state index is 4.73. The Morgan fingerprint density at radius 2 is 1.35 bits per heavy atom. The highest BCUT2D eigenvalue weighted by Crippen LogP contribution is 2.20. The first-order valence-electron chi connectivity index (χ1n) is 10.2. The second-order valence-corrected chi connectivity index (χ2v) is 7.22. The number of hydrogen-bond donors (Lipinski definition) is 1. The molecule has 31 heavy (non-hydrogen) atoms. The molecule has 4 aromatic carbocycles. The monoisotopic (exact) mass is 403 g/mol. The summed E-state index contributed by atoms with van der Waals surface area (Å²) in [7, 11) is 0. The molecular weight excluding hydrogens is 382 g/mol. The second-order valence-electron chi connectivity index (χ2n) is 7.22. The van der Waals surface area contributed by atoms with Crippen LogP contribution in [0.3, 0.4) is 0 Å². The minimum absolute atomic E-state index is 0.505. The molecule has 0 radical (unpaired) electrons. The van der Waals surface area contributed by atoms with Crippen molar-refractivity contribution >= 4 is 22.4 Å². The van der Waals surface area contributed by atoms with Crippen LogP contribution in [0.4, 0.5) is 5.69 Å². The van der Waals surface area contributed by atoms with Crippen LogP contribution in [0, 0.1) is 0 Å². The van der Waals surface area contributed by atoms with Gasteiger partial charge in [0.2, 0.25) is 0 Å². The van der Waals surface area contributed by atoms with Gasteiger partial charge in [-0.15, -0.1) is 5.10 Å². The lowest BCUT2D eigenvalue weighted by molar-refractivity contribution is 0.700. The molecule has 1 aromatic heterocycles. The van der Waals surface area contributed by atoms with E-state index in [4.69, 9.17) is 5.10 Å². The first-order chi connectivity index (χ1) is 15.4. The van der Waals surface area contributed by atoms with Crippen LogP contribution >= 0.6 is 0 Å². The van der Waals surface area contributed by atoms with E-state index in [1.54, 1.807) is 0 Å². The summed E-state index contributed by atoms with van der Waals surface area (Å²) < 4.78 is 1.88. The molecule has 150 valence electrons. The molecule has 1 heterocycles. The zero-order valence-electron chi connectivity index (χ0n) is 16.9. The maximum atomic E-state index is 4.73. The van der Waals surface area contributed by atoms with Gasteiger partial charge in [-0.25, -0.2) is 4.68 Å². The fourth-order valence-electron chi connectivity index (χ4n) is 3.50. The van der Waals surface area contributed by atoms with Gasteiger partial charge in [-0.2, -0.15) is 5.10 Å². The Kier molecular flexibility index (Phi) is 5.22. The van der Waals surface area contributed by atoms with Crippen LogP contribution in [0.5, 0.6) is 0 Å². The van der Waals surface area contributed by atoms with Gasteiger partial charge >= 0.3 is 0 Å². The molecular formula is C26H21N5. The summed E-state index contributed by atoms with van der Waals surface area (Å²) in [6, 6.07) is 36.7. The number of hydrogen-bond acceptors (Lipinski definition) is 4. The lowest BCUT2D eigenvalue weighted by Gasteiger charge is -2.10. The SMILES string of the molecule is c1ccc(N/N=C(/Cn2nnc3ccccc32)c2ccc(-c3ccccc3)cc2)cc1. The Morgan fingerprint density at radius 3 is 2.13 bits per heavy atom. The van der Waals surface area contributed by atoms with Gasteiger partial charge in [-0.3, -0.25) is 5.43 Å². The summed E-state index contributed by atoms with van der Waals surface area (Å²) in [6.45, 7) is 0.505. The number of benzene rings is 4. The van der Waals surface area contributed by atoms with Crippen LogP contribution in [0.15, 0.2) is 114 Å². The predicted molar refractivity (Wildman–Crippen MR) is 126 cm³/mol. The molecule has 5 aromatic rings. The van der Waals surface area contributed by atoms with Gasteiger partial charge in [-0.05, 0) is 41.0 Å². The standard InChI is InChI=1S/C26H21N5/c1-3-9-20(10-4-1)21-15-17-22(18-16-21)25(28-27-23-11-5-2-6-12-23)19-31-26-14-8-7-13-24(26)29-30-31/h1-18,27H,19H2/b28-25-. The van der Waals surface area contributed by atoms with Crippen LogP contribution in [-0.4, -0.2) is 20.7 Å². The largest absolute Gasteiger partial charge is 0.278 e. The Morgan fingerprint density at radius 1 is 0.710 bits per heavy atom. The Balaban J connectivity index is 1.49. The molecule has 0 aliphatic heterocycles. The summed E-state index contributed by atoms with van der Waals surface area (Å²) in [5, 5.41) is 13.3. The van der Waals surface area contributed by atoms with Crippen LogP contribution in [0.1, 0.15) is 5.56 Å². The number of nitrogens with zero attached hydrogens (tertiary/aromatic N) is 4. The lowest BCUT2D eigenvalue weighted by atomic mass is 10.0. The van der Waals surface area contributed by atoms with Gasteiger partial charge in [0.1, 0.15) is 5.52 Å². The van der Waals surface area contributed by atoms with Gasteiger partial charge in [-0.1, -0.05) is 90.1 Å². The van der Waals surface area contributed by atoms with Crippen LogP contribution in [-0.2, 0) is 6.54 Å². The van der Waals surface area contributed by atoms with E-state index in [0.717, 1.165) is 28.0 Å². The molecule has 5 heteroatoms. The Hall–Kier alpha value is -4.25. The number of fused-ring (bicyclic) bond motifs is 1. The number of hydrazone groups is 1. The van der Waals surface area contributed by atoms with Crippen molar-refractivity contribution in [2.24, 2.45) is 5.10 Å². The Bertz CT molecular complexity index is 1310. The number of anilines is 1. The van der Waals surface area contributed by atoms with Crippen molar-refractivity contribution in [3.05, 3.63) is 115 Å². The maximum Gasteiger partial charge on any atom is 0.113 e. The van der Waals surface area contributed by atoms with Crippen molar-refractivity contribution < 1.29 is 0 Å². The summed E-state index contributed by atoms with van der Waals surface area (Å²) in [6.07, 6.45) is 0. The Labute approximate surface area is 180 Å². The molecule has 0 aliphatic carbocycles. The molecule has 0 spiro atoms. The average molecular weight is 403 g/mol. The summed E-state index contributed by atoms with van der Waals surface area (Å²) >= 11 is 0. The smallest absolute Gasteiger partial charge is 0.113 e. The summed E-state index contributed by atoms with van der Waals surface area (Å²) in [5.74, 6) is 0. The van der Waals surface area contributed by atoms with Crippen LogP contribution in [0.25, 0.3) is 22.2 Å². The molecule has 0 amide bonds. The third-order valence-corrected chi connectivity index (χ3v) is 5.14. The van der Waals surface area contributed by atoms with Gasteiger partial charge in [0, 0.05) is 0 Å². The third-order valence-electron chi connectivity index (χ3n) is 5.14. The van der Waals surface area contributed by atoms with Crippen molar-refractivity contribution in [1.82, 2.24) is 15.0 Å². The van der Waals surface area contributed by atoms with E-state index >= 15 is 0 Å². The van der Waals surface area contributed by atoms with Crippen molar-refractivity contribution in [2.45, 2.75) is 6.54 Å². The highest BCUT2D eigenvalue weighted by molar-refractivity contribution is 6.01. The van der Waals surface area contributed by atoms with E-state index in [9.17, 15) is 0 Å². The van der Waals surface area contributed by atoms with Gasteiger partial charge < -0.3 is 0 Å². The fraction of sp³-hybridized carbons (Fsp3) is 0.0385. The molecule has 5 rings (SSSR count). The first kappa shape index (κ1) is 18.8. The van der Waals surface area contributed by atoms with Crippen molar-refractivity contribution in [2.75, 3.05) is 5.43 Å². The quantitative estimate of drug-likeness (QED) is 0.296. The summed E-state index contributed by atoms with van der Waals surface area (Å²) in [5.41, 5.74) is 10.2. The number of nitrogens with one attached hydrogen (secondary N) is 1. The lowest BCUT2D eigenvalue weighted by Crippen LogP contribution is -2.15. The van der Waals surface area contributed by atoms with Crippen molar-refractivity contribution in [1.29, 1.82) is 0 Å². The number of aromatic nitrogens is 3. The van der Waals surface area contributed by atoms with E-state index in [2.05, 4.69) is 64.3 Å². The molecule has 0 atom stereocenters. The van der Waals surface area contributed by atoms with Gasteiger partial charge in [0.25, 0.3) is 0 Å². The number of rotatable bonds is 6. The minimum atomic E-state index is 0.505. The highest BCUT2D eigenvalue weighted by Gasteiger charge is 2.10. The zero-order chi connectivity index (χ0) is 20.9. The van der Waals surface area contributed by atoms with Crippen molar-refractivity contribution in [3.63, 3.8) is 0 Å². The van der Waals surface area contributed by atoms with E-state index < -0.39 is 0 Å². The van der Waals surface area contributed by atoms with E-state index in [1.807, 2.05) is 65.3 Å². The topological polar surface area (TPSA) is 55.1 Å². The predicted octanol–water partition coefficient (Wildman–Crippen LogP) is 5.61.